The summed E-state index contributed by atoms with van der Waals surface area (Å²) in [6.07, 6.45) is 5.15. The van der Waals surface area contributed by atoms with Crippen molar-refractivity contribution in [2.24, 2.45) is 0 Å². The third-order valence-corrected chi connectivity index (χ3v) is 4.25. The molecular weight excluding hydrogens is 340 g/mol. The van der Waals surface area contributed by atoms with E-state index in [1.165, 1.54) is 12.1 Å². The molecule has 1 aromatic heterocycles. The summed E-state index contributed by atoms with van der Waals surface area (Å²) in [5.41, 5.74) is 0.623. The van der Waals surface area contributed by atoms with Gasteiger partial charge in [0.2, 0.25) is 0 Å². The van der Waals surface area contributed by atoms with Crippen molar-refractivity contribution >= 4 is 17.1 Å². The van der Waals surface area contributed by atoms with Gasteiger partial charge >= 0.3 is 0 Å². The molecule has 1 saturated heterocycles. The molecule has 1 aromatic carbocycles. The molecule has 0 N–H and O–H groups in total. The lowest BCUT2D eigenvalue weighted by Crippen LogP contribution is -2.32. The first-order valence-corrected chi connectivity index (χ1v) is 8.23. The highest BCUT2D eigenvalue weighted by atomic mass is 16.6. The van der Waals surface area contributed by atoms with Crippen LogP contribution in [0.5, 0.6) is 0 Å². The maximum absolute atomic E-state index is 11.5. The number of anilines is 1. The number of rotatable bonds is 7. The molecule has 0 spiro atoms. The van der Waals surface area contributed by atoms with Crippen molar-refractivity contribution in [2.45, 2.75) is 25.5 Å². The molecule has 1 atom stereocenters. The number of benzene rings is 1. The van der Waals surface area contributed by atoms with Crippen molar-refractivity contribution in [3.05, 3.63) is 68.5 Å². The molecule has 1 aliphatic heterocycles. The zero-order chi connectivity index (χ0) is 18.5. The molecule has 3 rings (SSSR count). The van der Waals surface area contributed by atoms with Crippen molar-refractivity contribution in [1.29, 1.82) is 0 Å². The summed E-state index contributed by atoms with van der Waals surface area (Å²) >= 11 is 0. The minimum Gasteiger partial charge on any atom is -0.376 e. The number of nitrogens with zero attached hydrogens (tertiary/aromatic N) is 4. The summed E-state index contributed by atoms with van der Waals surface area (Å²) in [6.45, 7) is 1.54. The molecule has 0 bridgehead atoms. The number of pyridine rings is 1. The van der Waals surface area contributed by atoms with Crippen LogP contribution < -0.4 is 4.90 Å². The van der Waals surface area contributed by atoms with Crippen LogP contribution in [0.4, 0.5) is 17.1 Å². The Hall–Kier alpha value is -3.07. The predicted molar refractivity (Wildman–Crippen MR) is 94.0 cm³/mol. The lowest BCUT2D eigenvalue weighted by atomic mass is 10.1. The maximum atomic E-state index is 11.5. The van der Waals surface area contributed by atoms with Gasteiger partial charge < -0.3 is 9.64 Å². The topological polar surface area (TPSA) is 112 Å². The van der Waals surface area contributed by atoms with Crippen molar-refractivity contribution in [2.75, 3.05) is 18.1 Å². The summed E-state index contributed by atoms with van der Waals surface area (Å²) in [7, 11) is 0. The Balaban J connectivity index is 1.96. The van der Waals surface area contributed by atoms with E-state index in [-0.39, 0.29) is 17.5 Å². The molecule has 2 aromatic rings. The fraction of sp³-hybridized carbons (Fsp3) is 0.353. The second kappa shape index (κ2) is 7.87. The summed E-state index contributed by atoms with van der Waals surface area (Å²) in [5, 5.41) is 22.5. The number of hydrogen-bond acceptors (Lipinski definition) is 7. The smallest absolute Gasteiger partial charge is 0.299 e. The Labute approximate surface area is 149 Å². The van der Waals surface area contributed by atoms with Crippen molar-refractivity contribution in [3.8, 4) is 0 Å². The number of hydrogen-bond donors (Lipinski definition) is 0. The second-order valence-electron chi connectivity index (χ2n) is 6.06. The molecule has 136 valence electrons. The quantitative estimate of drug-likeness (QED) is 0.552. The van der Waals surface area contributed by atoms with E-state index in [1.807, 2.05) is 11.0 Å². The summed E-state index contributed by atoms with van der Waals surface area (Å²) < 4.78 is 5.67. The highest BCUT2D eigenvalue weighted by Crippen LogP contribution is 2.33. The van der Waals surface area contributed by atoms with Crippen LogP contribution in [0.1, 0.15) is 18.4 Å². The van der Waals surface area contributed by atoms with E-state index in [9.17, 15) is 20.2 Å². The van der Waals surface area contributed by atoms with E-state index in [0.29, 0.717) is 25.4 Å². The van der Waals surface area contributed by atoms with E-state index < -0.39 is 9.85 Å². The number of non-ortho nitro benzene ring substituents is 1. The molecule has 0 amide bonds. The third kappa shape index (κ3) is 4.12. The van der Waals surface area contributed by atoms with E-state index in [1.54, 1.807) is 18.5 Å². The molecule has 0 radical (unpaired) electrons. The molecule has 0 saturated carbocycles. The van der Waals surface area contributed by atoms with E-state index in [4.69, 9.17) is 4.74 Å². The van der Waals surface area contributed by atoms with Gasteiger partial charge in [0.15, 0.2) is 0 Å². The third-order valence-electron chi connectivity index (χ3n) is 4.25. The van der Waals surface area contributed by atoms with Crippen molar-refractivity contribution < 1.29 is 14.6 Å². The summed E-state index contributed by atoms with van der Waals surface area (Å²) in [5.74, 6) is 0. The van der Waals surface area contributed by atoms with E-state index in [0.717, 1.165) is 24.5 Å². The van der Waals surface area contributed by atoms with Crippen LogP contribution in [0, 0.1) is 20.2 Å². The van der Waals surface area contributed by atoms with Crippen LogP contribution in [-0.4, -0.2) is 34.1 Å². The maximum Gasteiger partial charge on any atom is 0.299 e. The zero-order valence-corrected chi connectivity index (χ0v) is 14.0. The Morgan fingerprint density at radius 3 is 2.69 bits per heavy atom. The average Bonchev–Trinajstić information content (AvgIpc) is 3.14. The monoisotopic (exact) mass is 358 g/mol. The van der Waals surface area contributed by atoms with E-state index >= 15 is 0 Å². The molecule has 0 aliphatic carbocycles. The minimum atomic E-state index is -0.637. The summed E-state index contributed by atoms with van der Waals surface area (Å²) in [4.78, 5) is 27.2. The lowest BCUT2D eigenvalue weighted by Gasteiger charge is -2.27. The highest BCUT2D eigenvalue weighted by Gasteiger charge is 2.27. The Kier molecular flexibility index (Phi) is 5.37. The van der Waals surface area contributed by atoms with Gasteiger partial charge in [0.05, 0.1) is 22.0 Å². The molecule has 1 aliphatic rings. The standard InChI is InChI=1S/C17H18N4O5/c22-20(23)14-5-6-16(17(9-14)21(24)25)19(12-15-4-2-8-26-15)11-13-3-1-7-18-10-13/h1,3,5-7,9-10,15H,2,4,8,11-12H2/t15-/m1/s1. The normalized spacial score (nSPS) is 16.4. The van der Waals surface area contributed by atoms with Gasteiger partial charge in [0.25, 0.3) is 11.4 Å². The highest BCUT2D eigenvalue weighted by molar-refractivity contribution is 5.67. The number of nitro groups is 2. The Bertz CT molecular complexity index is 793. The molecule has 2 heterocycles. The largest absolute Gasteiger partial charge is 0.376 e. The molecular formula is C17H18N4O5. The fourth-order valence-corrected chi connectivity index (χ4v) is 3.03. The van der Waals surface area contributed by atoms with Crippen molar-refractivity contribution in [1.82, 2.24) is 4.98 Å². The molecule has 9 heteroatoms. The SMILES string of the molecule is O=[N+]([O-])c1ccc(N(Cc2cccnc2)C[C@H]2CCCO2)c([N+](=O)[O-])c1. The molecule has 0 unspecified atom stereocenters. The van der Waals surface area contributed by atoms with Gasteiger partial charge in [-0.2, -0.15) is 0 Å². The van der Waals surface area contributed by atoms with Gasteiger partial charge in [0, 0.05) is 38.2 Å². The predicted octanol–water partition coefficient (Wildman–Crippen LogP) is 3.08. The van der Waals surface area contributed by atoms with Crippen LogP contribution in [-0.2, 0) is 11.3 Å². The van der Waals surface area contributed by atoms with Crippen LogP contribution >= 0.6 is 0 Å². The van der Waals surface area contributed by atoms with Gasteiger partial charge in [-0.15, -0.1) is 0 Å². The average molecular weight is 358 g/mol. The first kappa shape index (κ1) is 17.7. The summed E-state index contributed by atoms with van der Waals surface area (Å²) in [6, 6.07) is 7.40. The minimum absolute atomic E-state index is 0.0264. The van der Waals surface area contributed by atoms with Crippen LogP contribution in [0.15, 0.2) is 42.7 Å². The molecule has 26 heavy (non-hydrogen) atoms. The van der Waals surface area contributed by atoms with Gasteiger partial charge in [0.1, 0.15) is 5.69 Å². The first-order chi connectivity index (χ1) is 12.5. The second-order valence-corrected chi connectivity index (χ2v) is 6.06. The fourth-order valence-electron chi connectivity index (χ4n) is 3.03. The number of aromatic nitrogens is 1. The van der Waals surface area contributed by atoms with Crippen LogP contribution in [0.3, 0.4) is 0 Å². The van der Waals surface area contributed by atoms with Crippen molar-refractivity contribution in [3.63, 3.8) is 0 Å². The van der Waals surface area contributed by atoms with Gasteiger partial charge in [-0.25, -0.2) is 0 Å². The van der Waals surface area contributed by atoms with Crippen LogP contribution in [0.2, 0.25) is 0 Å². The Morgan fingerprint density at radius 2 is 2.08 bits per heavy atom. The van der Waals surface area contributed by atoms with Gasteiger partial charge in [-0.1, -0.05) is 6.07 Å². The van der Waals surface area contributed by atoms with Gasteiger partial charge in [-0.05, 0) is 30.5 Å². The van der Waals surface area contributed by atoms with Crippen LogP contribution in [0.25, 0.3) is 0 Å². The molecule has 9 nitrogen and oxygen atoms in total. The van der Waals surface area contributed by atoms with Gasteiger partial charge in [-0.3, -0.25) is 25.2 Å². The number of nitro benzene ring substituents is 2. The Morgan fingerprint density at radius 1 is 1.23 bits per heavy atom. The lowest BCUT2D eigenvalue weighted by molar-refractivity contribution is -0.393. The zero-order valence-electron chi connectivity index (χ0n) is 14.0. The van der Waals surface area contributed by atoms with E-state index in [2.05, 4.69) is 4.98 Å². The molecule has 1 fully saturated rings. The number of ether oxygens (including phenoxy) is 1. The first-order valence-electron chi connectivity index (χ1n) is 8.23.